The van der Waals surface area contributed by atoms with E-state index in [-0.39, 0.29) is 0 Å². The zero-order chi connectivity index (χ0) is 26.9. The number of carboxylic acid groups (broad SMARTS) is 1. The molecule has 9 heteroatoms. The summed E-state index contributed by atoms with van der Waals surface area (Å²) in [7, 11) is 1.65. The van der Waals surface area contributed by atoms with Gasteiger partial charge in [0.25, 0.3) is 0 Å². The number of fused-ring (bicyclic) bond motifs is 1. The molecule has 1 aromatic heterocycles. The quantitative estimate of drug-likeness (QED) is 0.199. The van der Waals surface area contributed by atoms with E-state index in [1.165, 1.54) is 0 Å². The third kappa shape index (κ3) is 6.33. The van der Waals surface area contributed by atoms with Gasteiger partial charge in [0.15, 0.2) is 0 Å². The second kappa shape index (κ2) is 13.1. The lowest BCUT2D eigenvalue weighted by atomic mass is 9.98. The molecule has 204 valence electrons. The molecule has 1 unspecified atom stereocenters. The summed E-state index contributed by atoms with van der Waals surface area (Å²) >= 11 is 0. The van der Waals surface area contributed by atoms with Crippen LogP contribution in [0.4, 0.5) is 4.79 Å². The minimum absolute atomic E-state index is 0.460. The van der Waals surface area contributed by atoms with Crippen LogP contribution in [-0.4, -0.2) is 43.0 Å². The number of nitrogens with zero attached hydrogens (tertiary/aromatic N) is 1. The smallest absolute Gasteiger partial charge is 0.496 e. The SMILES string of the molecule is CCCc1c(OCCCOc2ccc(-c3ccon3)c(OC)c2CCC)ccc2c1OC(OC(=O)O)CC2. The Kier molecular flexibility index (Phi) is 9.35. The van der Waals surface area contributed by atoms with Crippen molar-refractivity contribution >= 4 is 6.16 Å². The van der Waals surface area contributed by atoms with Crippen LogP contribution < -0.4 is 18.9 Å². The molecule has 0 saturated heterocycles. The maximum atomic E-state index is 11.0. The molecule has 0 radical (unpaired) electrons. The van der Waals surface area contributed by atoms with E-state index in [1.54, 1.807) is 13.4 Å². The molecular formula is C29H35NO8. The van der Waals surface area contributed by atoms with Crippen molar-refractivity contribution in [3.8, 4) is 34.3 Å². The van der Waals surface area contributed by atoms with Crippen molar-refractivity contribution in [3.63, 3.8) is 0 Å². The van der Waals surface area contributed by atoms with Crippen molar-refractivity contribution in [2.24, 2.45) is 0 Å². The molecule has 4 rings (SSSR count). The van der Waals surface area contributed by atoms with Gasteiger partial charge in [0.1, 0.15) is 35.0 Å². The summed E-state index contributed by atoms with van der Waals surface area (Å²) < 4.78 is 33.8. The summed E-state index contributed by atoms with van der Waals surface area (Å²) in [5.41, 5.74) is 4.59. The lowest BCUT2D eigenvalue weighted by Crippen LogP contribution is -2.28. The topological polar surface area (TPSA) is 109 Å². The molecule has 0 bridgehead atoms. The van der Waals surface area contributed by atoms with Gasteiger partial charge in [0.05, 0.1) is 20.3 Å². The van der Waals surface area contributed by atoms with Crippen molar-refractivity contribution in [1.29, 1.82) is 0 Å². The average molecular weight is 526 g/mol. The molecule has 1 N–H and O–H groups in total. The first kappa shape index (κ1) is 27.2. The molecule has 0 saturated carbocycles. The number of ether oxygens (including phenoxy) is 5. The molecule has 2 aromatic carbocycles. The molecule has 0 aliphatic carbocycles. The maximum Gasteiger partial charge on any atom is 0.508 e. The van der Waals surface area contributed by atoms with Crippen molar-refractivity contribution in [3.05, 3.63) is 53.3 Å². The third-order valence-electron chi connectivity index (χ3n) is 6.37. The van der Waals surface area contributed by atoms with Crippen molar-refractivity contribution in [1.82, 2.24) is 5.16 Å². The number of methoxy groups -OCH3 is 1. The van der Waals surface area contributed by atoms with Crippen LogP contribution in [0.2, 0.25) is 0 Å². The maximum absolute atomic E-state index is 11.0. The molecule has 1 atom stereocenters. The predicted molar refractivity (Wildman–Crippen MR) is 140 cm³/mol. The van der Waals surface area contributed by atoms with E-state index >= 15 is 0 Å². The van der Waals surface area contributed by atoms with Gasteiger partial charge in [-0.15, -0.1) is 0 Å². The third-order valence-corrected chi connectivity index (χ3v) is 6.37. The first-order valence-electron chi connectivity index (χ1n) is 13.1. The Bertz CT molecular complexity index is 1210. The number of rotatable bonds is 13. The van der Waals surface area contributed by atoms with Gasteiger partial charge in [-0.05, 0) is 43.0 Å². The molecular weight excluding hydrogens is 490 g/mol. The van der Waals surface area contributed by atoms with Crippen LogP contribution in [0, 0.1) is 0 Å². The van der Waals surface area contributed by atoms with E-state index in [4.69, 9.17) is 33.3 Å². The molecule has 9 nitrogen and oxygen atoms in total. The van der Waals surface area contributed by atoms with Crippen LogP contribution in [0.5, 0.6) is 23.0 Å². The van der Waals surface area contributed by atoms with Crippen LogP contribution in [0.1, 0.15) is 56.2 Å². The lowest BCUT2D eigenvalue weighted by molar-refractivity contribution is -0.0640. The molecule has 0 amide bonds. The highest BCUT2D eigenvalue weighted by atomic mass is 16.8. The Hall–Kier alpha value is -3.88. The monoisotopic (exact) mass is 525 g/mol. The van der Waals surface area contributed by atoms with Crippen LogP contribution in [0.3, 0.4) is 0 Å². The van der Waals surface area contributed by atoms with E-state index < -0.39 is 12.4 Å². The highest BCUT2D eigenvalue weighted by molar-refractivity contribution is 5.71. The van der Waals surface area contributed by atoms with E-state index in [9.17, 15) is 4.79 Å². The highest BCUT2D eigenvalue weighted by Crippen LogP contribution is 2.40. The van der Waals surface area contributed by atoms with Crippen molar-refractivity contribution < 1.29 is 38.1 Å². The first-order chi connectivity index (χ1) is 18.5. The number of benzene rings is 2. The van der Waals surface area contributed by atoms with E-state index in [2.05, 4.69) is 19.0 Å². The fourth-order valence-corrected chi connectivity index (χ4v) is 4.72. The minimum Gasteiger partial charge on any atom is -0.496 e. The number of carbonyl (C=O) groups is 1. The summed E-state index contributed by atoms with van der Waals surface area (Å²) in [6, 6.07) is 9.65. The summed E-state index contributed by atoms with van der Waals surface area (Å²) in [4.78, 5) is 11.0. The van der Waals surface area contributed by atoms with Gasteiger partial charge in [-0.25, -0.2) is 4.79 Å². The Morgan fingerprint density at radius 1 is 1.03 bits per heavy atom. The number of aromatic nitrogens is 1. The molecule has 3 aromatic rings. The molecule has 0 fully saturated rings. The normalized spacial score (nSPS) is 14.3. The van der Waals surface area contributed by atoms with E-state index in [0.29, 0.717) is 38.2 Å². The highest BCUT2D eigenvalue weighted by Gasteiger charge is 2.27. The summed E-state index contributed by atoms with van der Waals surface area (Å²) in [6.45, 7) is 5.14. The minimum atomic E-state index is -1.34. The van der Waals surface area contributed by atoms with E-state index in [0.717, 1.165) is 70.9 Å². The summed E-state index contributed by atoms with van der Waals surface area (Å²) in [5.74, 6) is 2.96. The zero-order valence-electron chi connectivity index (χ0n) is 22.2. The van der Waals surface area contributed by atoms with Gasteiger partial charge >= 0.3 is 6.16 Å². The molecule has 1 aliphatic heterocycles. The zero-order valence-corrected chi connectivity index (χ0v) is 22.2. The van der Waals surface area contributed by atoms with Crippen molar-refractivity contribution in [2.45, 2.75) is 65.1 Å². The van der Waals surface area contributed by atoms with Gasteiger partial charge in [0, 0.05) is 35.6 Å². The molecule has 38 heavy (non-hydrogen) atoms. The van der Waals surface area contributed by atoms with Gasteiger partial charge in [-0.1, -0.05) is 37.9 Å². The average Bonchev–Trinajstić information content (AvgIpc) is 3.45. The van der Waals surface area contributed by atoms with Gasteiger partial charge in [0.2, 0.25) is 6.29 Å². The number of aryl methyl sites for hydroxylation is 1. The predicted octanol–water partition coefficient (Wildman–Crippen LogP) is 6.45. The molecule has 2 heterocycles. The van der Waals surface area contributed by atoms with Crippen LogP contribution in [0.15, 0.2) is 41.1 Å². The second-order valence-electron chi connectivity index (χ2n) is 9.06. The van der Waals surface area contributed by atoms with Crippen molar-refractivity contribution in [2.75, 3.05) is 20.3 Å². The fraction of sp³-hybridized carbons (Fsp3) is 0.448. The van der Waals surface area contributed by atoms with Crippen LogP contribution >= 0.6 is 0 Å². The van der Waals surface area contributed by atoms with Crippen LogP contribution in [-0.2, 0) is 24.0 Å². The summed E-state index contributed by atoms with van der Waals surface area (Å²) in [5, 5.41) is 13.0. The largest absolute Gasteiger partial charge is 0.508 e. The van der Waals surface area contributed by atoms with Gasteiger partial charge < -0.3 is 33.3 Å². The van der Waals surface area contributed by atoms with Crippen LogP contribution in [0.25, 0.3) is 11.3 Å². The number of hydrogen-bond acceptors (Lipinski definition) is 8. The molecule has 0 spiro atoms. The van der Waals surface area contributed by atoms with Gasteiger partial charge in [-0.3, -0.25) is 0 Å². The Morgan fingerprint density at radius 3 is 2.39 bits per heavy atom. The summed E-state index contributed by atoms with van der Waals surface area (Å²) in [6.07, 6.45) is 4.67. The Morgan fingerprint density at radius 2 is 1.74 bits per heavy atom. The Balaban J connectivity index is 1.40. The number of hydrogen-bond donors (Lipinski definition) is 1. The molecule has 1 aliphatic rings. The Labute approximate surface area is 222 Å². The van der Waals surface area contributed by atoms with E-state index in [1.807, 2.05) is 30.3 Å². The second-order valence-corrected chi connectivity index (χ2v) is 9.06. The lowest BCUT2D eigenvalue weighted by Gasteiger charge is -2.27. The fourth-order valence-electron chi connectivity index (χ4n) is 4.72. The first-order valence-corrected chi connectivity index (χ1v) is 13.1. The standard InChI is InChI=1S/C29H35NO8/c1-4-7-21-24(12-9-19-10-14-26(37-27(19)21)38-29(31)32)34-16-6-17-35-25-13-11-20(23-15-18-36-30-23)28(33-3)22(25)8-5-2/h9,11-13,15,18,26H,4-8,10,14,16-17H2,1-3H3,(H,31,32). The van der Waals surface area contributed by atoms with Gasteiger partial charge in [-0.2, -0.15) is 0 Å².